The number of methoxy groups -OCH3 is 1. The van der Waals surface area contributed by atoms with E-state index in [0.717, 1.165) is 28.2 Å². The minimum atomic E-state index is -0.110. The first-order valence-corrected chi connectivity index (χ1v) is 10.1. The van der Waals surface area contributed by atoms with Crippen LogP contribution in [-0.2, 0) is 17.6 Å². The third-order valence-corrected chi connectivity index (χ3v) is 5.61. The van der Waals surface area contributed by atoms with Crippen LogP contribution < -0.4 is 10.1 Å². The van der Waals surface area contributed by atoms with Gasteiger partial charge in [-0.25, -0.2) is 0 Å². The van der Waals surface area contributed by atoms with Crippen molar-refractivity contribution in [3.63, 3.8) is 0 Å². The molecule has 1 atom stereocenters. The summed E-state index contributed by atoms with van der Waals surface area (Å²) in [5.41, 5.74) is 3.46. The fraction of sp³-hybridized carbons (Fsp3) is 0.261. The van der Waals surface area contributed by atoms with E-state index in [1.165, 1.54) is 5.56 Å². The number of para-hydroxylation sites is 1. The molecule has 1 amide bonds. The predicted octanol–water partition coefficient (Wildman–Crippen LogP) is 5.16. The maximum absolute atomic E-state index is 12.7. The van der Waals surface area contributed by atoms with E-state index in [1.807, 2.05) is 35.7 Å². The van der Waals surface area contributed by atoms with E-state index in [1.54, 1.807) is 18.4 Å². The summed E-state index contributed by atoms with van der Waals surface area (Å²) in [6.45, 7) is 2.14. The number of rotatable bonds is 8. The van der Waals surface area contributed by atoms with E-state index in [2.05, 4.69) is 42.6 Å². The summed E-state index contributed by atoms with van der Waals surface area (Å²) in [6.07, 6.45) is 2.09. The molecule has 0 fully saturated rings. The zero-order chi connectivity index (χ0) is 19.1. The minimum Gasteiger partial charge on any atom is -0.496 e. The van der Waals surface area contributed by atoms with Crippen LogP contribution in [0.3, 0.4) is 0 Å². The molecule has 0 saturated carbocycles. The molecule has 3 rings (SSSR count). The molecule has 140 valence electrons. The van der Waals surface area contributed by atoms with E-state index >= 15 is 0 Å². The zero-order valence-corrected chi connectivity index (χ0v) is 16.6. The first-order chi connectivity index (χ1) is 13.2. The Bertz CT molecular complexity index is 856. The third kappa shape index (κ3) is 4.98. The Morgan fingerprint density at radius 3 is 2.52 bits per heavy atom. The molecule has 0 spiro atoms. The summed E-state index contributed by atoms with van der Waals surface area (Å²) < 4.78 is 5.38. The maximum Gasteiger partial charge on any atom is 0.221 e. The normalized spacial score (nSPS) is 11.8. The van der Waals surface area contributed by atoms with Crippen LogP contribution in [-0.4, -0.2) is 13.0 Å². The second kappa shape index (κ2) is 9.38. The van der Waals surface area contributed by atoms with Gasteiger partial charge in [0.05, 0.1) is 13.2 Å². The molecule has 0 aliphatic rings. The van der Waals surface area contributed by atoms with Gasteiger partial charge in [0.25, 0.3) is 0 Å². The van der Waals surface area contributed by atoms with Gasteiger partial charge in [0.1, 0.15) is 5.75 Å². The largest absolute Gasteiger partial charge is 0.496 e. The number of nitrogens with one attached hydrogen (secondary N) is 1. The van der Waals surface area contributed by atoms with Crippen molar-refractivity contribution in [3.05, 3.63) is 87.6 Å². The van der Waals surface area contributed by atoms with Crippen molar-refractivity contribution in [2.75, 3.05) is 7.11 Å². The Hall–Kier alpha value is -2.59. The van der Waals surface area contributed by atoms with Crippen LogP contribution in [0.5, 0.6) is 5.75 Å². The van der Waals surface area contributed by atoms with E-state index < -0.39 is 0 Å². The van der Waals surface area contributed by atoms with Crippen molar-refractivity contribution in [1.82, 2.24) is 5.32 Å². The first-order valence-electron chi connectivity index (χ1n) is 9.24. The van der Waals surface area contributed by atoms with Crippen molar-refractivity contribution < 1.29 is 9.53 Å². The van der Waals surface area contributed by atoms with Gasteiger partial charge in [0, 0.05) is 11.3 Å². The SMILES string of the molecule is CCc1ccc(C(NC(=O)CCc2ccccc2OC)c2cccs2)cc1. The van der Waals surface area contributed by atoms with Crippen molar-refractivity contribution in [2.24, 2.45) is 0 Å². The van der Waals surface area contributed by atoms with Crippen molar-refractivity contribution in [3.8, 4) is 5.75 Å². The van der Waals surface area contributed by atoms with Gasteiger partial charge >= 0.3 is 0 Å². The molecule has 3 aromatic rings. The number of ether oxygens (including phenoxy) is 1. The van der Waals surface area contributed by atoms with E-state index in [4.69, 9.17) is 4.74 Å². The van der Waals surface area contributed by atoms with E-state index in [-0.39, 0.29) is 11.9 Å². The molecule has 27 heavy (non-hydrogen) atoms. The lowest BCUT2D eigenvalue weighted by Gasteiger charge is -2.19. The second-order valence-electron chi connectivity index (χ2n) is 6.42. The molecule has 0 bridgehead atoms. The second-order valence-corrected chi connectivity index (χ2v) is 7.40. The summed E-state index contributed by atoms with van der Waals surface area (Å²) >= 11 is 1.66. The average Bonchev–Trinajstić information content (AvgIpc) is 3.25. The molecule has 3 nitrogen and oxygen atoms in total. The Labute approximate surface area is 165 Å². The lowest BCUT2D eigenvalue weighted by molar-refractivity contribution is -0.121. The maximum atomic E-state index is 12.7. The number of hydrogen-bond donors (Lipinski definition) is 1. The highest BCUT2D eigenvalue weighted by molar-refractivity contribution is 7.10. The Morgan fingerprint density at radius 2 is 1.85 bits per heavy atom. The Kier molecular flexibility index (Phi) is 6.66. The fourth-order valence-corrected chi connectivity index (χ4v) is 3.91. The third-order valence-electron chi connectivity index (χ3n) is 4.67. The van der Waals surface area contributed by atoms with Crippen LogP contribution >= 0.6 is 11.3 Å². The molecule has 0 aliphatic heterocycles. The summed E-state index contributed by atoms with van der Waals surface area (Å²) in [7, 11) is 1.66. The van der Waals surface area contributed by atoms with Gasteiger partial charge in [0.15, 0.2) is 0 Å². The number of carbonyl (C=O) groups excluding carboxylic acids is 1. The Balaban J connectivity index is 1.71. The quantitative estimate of drug-likeness (QED) is 0.587. The molecule has 0 radical (unpaired) electrons. The average molecular weight is 380 g/mol. The molecule has 1 unspecified atom stereocenters. The van der Waals surface area contributed by atoms with Gasteiger partial charge in [0.2, 0.25) is 5.91 Å². The number of carbonyl (C=O) groups is 1. The standard InChI is InChI=1S/C23H25NO2S/c1-3-17-10-12-19(13-11-17)23(21-9-6-16-27-21)24-22(25)15-14-18-7-4-5-8-20(18)26-2/h4-13,16,23H,3,14-15H2,1-2H3,(H,24,25). The number of amides is 1. The van der Waals surface area contributed by atoms with Crippen LogP contribution in [0.25, 0.3) is 0 Å². The van der Waals surface area contributed by atoms with Gasteiger partial charge in [-0.2, -0.15) is 0 Å². The van der Waals surface area contributed by atoms with Gasteiger partial charge in [-0.05, 0) is 47.0 Å². The molecule has 0 saturated heterocycles. The van der Waals surface area contributed by atoms with Crippen LogP contribution in [0.1, 0.15) is 41.0 Å². The number of benzene rings is 2. The fourth-order valence-electron chi connectivity index (χ4n) is 3.11. The highest BCUT2D eigenvalue weighted by Gasteiger charge is 2.18. The van der Waals surface area contributed by atoms with Gasteiger partial charge in [-0.15, -0.1) is 11.3 Å². The Morgan fingerprint density at radius 1 is 1.07 bits per heavy atom. The molecule has 1 heterocycles. The number of thiophene rings is 1. The summed E-state index contributed by atoms with van der Waals surface area (Å²) in [5, 5.41) is 5.26. The summed E-state index contributed by atoms with van der Waals surface area (Å²) in [5.74, 6) is 0.870. The van der Waals surface area contributed by atoms with E-state index in [0.29, 0.717) is 12.8 Å². The van der Waals surface area contributed by atoms with E-state index in [9.17, 15) is 4.79 Å². The summed E-state index contributed by atoms with van der Waals surface area (Å²) in [4.78, 5) is 13.8. The molecular weight excluding hydrogens is 354 g/mol. The summed E-state index contributed by atoms with van der Waals surface area (Å²) in [6, 6.07) is 20.3. The van der Waals surface area contributed by atoms with Crippen molar-refractivity contribution in [2.45, 2.75) is 32.2 Å². The molecular formula is C23H25NO2S. The number of aryl methyl sites for hydroxylation is 2. The lowest BCUT2D eigenvalue weighted by atomic mass is 10.0. The minimum absolute atomic E-state index is 0.0406. The van der Waals surface area contributed by atoms with Gasteiger partial charge < -0.3 is 10.1 Å². The smallest absolute Gasteiger partial charge is 0.221 e. The van der Waals surface area contributed by atoms with Crippen LogP contribution in [0, 0.1) is 0 Å². The zero-order valence-electron chi connectivity index (χ0n) is 15.8. The number of hydrogen-bond acceptors (Lipinski definition) is 3. The van der Waals surface area contributed by atoms with Crippen molar-refractivity contribution in [1.29, 1.82) is 0 Å². The van der Waals surface area contributed by atoms with Crippen LogP contribution in [0.15, 0.2) is 66.0 Å². The molecule has 1 N–H and O–H groups in total. The highest BCUT2D eigenvalue weighted by atomic mass is 32.1. The first kappa shape index (κ1) is 19.2. The van der Waals surface area contributed by atoms with Crippen LogP contribution in [0.4, 0.5) is 0 Å². The topological polar surface area (TPSA) is 38.3 Å². The predicted molar refractivity (Wildman–Crippen MR) is 111 cm³/mol. The molecule has 0 aliphatic carbocycles. The monoisotopic (exact) mass is 379 g/mol. The molecule has 2 aromatic carbocycles. The van der Waals surface area contributed by atoms with Crippen molar-refractivity contribution >= 4 is 17.2 Å². The lowest BCUT2D eigenvalue weighted by Crippen LogP contribution is -2.29. The molecule has 4 heteroatoms. The van der Waals surface area contributed by atoms with Gasteiger partial charge in [-0.3, -0.25) is 4.79 Å². The van der Waals surface area contributed by atoms with Gasteiger partial charge in [-0.1, -0.05) is 55.5 Å². The highest BCUT2D eigenvalue weighted by Crippen LogP contribution is 2.27. The molecule has 1 aromatic heterocycles. The van der Waals surface area contributed by atoms with Crippen LogP contribution in [0.2, 0.25) is 0 Å².